The van der Waals surface area contributed by atoms with Crippen LogP contribution in [-0.4, -0.2) is 44.9 Å². The molecule has 0 saturated carbocycles. The Hall–Kier alpha value is -2.22. The normalized spacial score (nSPS) is 15.5. The molecule has 0 spiro atoms. The molecule has 6 nitrogen and oxygen atoms in total. The molecule has 1 aliphatic heterocycles. The maximum absolute atomic E-state index is 12.9. The van der Waals surface area contributed by atoms with Crippen molar-refractivity contribution in [1.82, 2.24) is 4.31 Å². The second-order valence-corrected chi connectivity index (χ2v) is 8.61. The first-order valence-corrected chi connectivity index (χ1v) is 10.3. The number of ether oxygens (including phenoxy) is 1. The topological polar surface area (TPSA) is 75.7 Å². The molecule has 0 atom stereocenters. The summed E-state index contributed by atoms with van der Waals surface area (Å²) < 4.78 is 32.5. The number of benzene rings is 2. The van der Waals surface area contributed by atoms with E-state index in [1.165, 1.54) is 10.4 Å². The lowest BCUT2D eigenvalue weighted by Crippen LogP contribution is -2.40. The monoisotopic (exact) mass is 388 g/mol. The molecule has 0 aromatic heterocycles. The van der Waals surface area contributed by atoms with Crippen molar-refractivity contribution in [2.75, 3.05) is 31.6 Å². The number of carbonyl (C=O) groups excluding carboxylic acids is 1. The van der Waals surface area contributed by atoms with Crippen LogP contribution in [0.2, 0.25) is 0 Å². The molecular formula is C20H24N2O4S. The maximum Gasteiger partial charge on any atom is 0.243 e. The molecule has 2 aromatic carbocycles. The highest BCUT2D eigenvalue weighted by molar-refractivity contribution is 7.89. The van der Waals surface area contributed by atoms with E-state index in [-0.39, 0.29) is 17.2 Å². The van der Waals surface area contributed by atoms with Crippen molar-refractivity contribution in [1.29, 1.82) is 0 Å². The third kappa shape index (κ3) is 4.74. The highest BCUT2D eigenvalue weighted by Gasteiger charge is 2.28. The molecule has 0 bridgehead atoms. The molecule has 2 aromatic rings. The van der Waals surface area contributed by atoms with E-state index in [1.54, 1.807) is 19.1 Å². The van der Waals surface area contributed by atoms with Crippen molar-refractivity contribution >= 4 is 21.6 Å². The predicted octanol–water partition coefficient (Wildman–Crippen LogP) is 2.51. The average Bonchev–Trinajstić information content (AvgIpc) is 2.66. The zero-order valence-corrected chi connectivity index (χ0v) is 16.4. The number of aryl methyl sites for hydroxylation is 2. The van der Waals surface area contributed by atoms with Crippen LogP contribution in [0.3, 0.4) is 0 Å². The number of hydrogen-bond donors (Lipinski definition) is 1. The summed E-state index contributed by atoms with van der Waals surface area (Å²) in [6, 6.07) is 12.7. The molecule has 3 rings (SSSR count). The van der Waals surface area contributed by atoms with E-state index >= 15 is 0 Å². The zero-order chi connectivity index (χ0) is 19.4. The van der Waals surface area contributed by atoms with Crippen LogP contribution in [0.4, 0.5) is 5.69 Å². The molecule has 1 fully saturated rings. The molecule has 0 aliphatic carbocycles. The minimum absolute atomic E-state index is 0.183. The molecule has 7 heteroatoms. The van der Waals surface area contributed by atoms with Gasteiger partial charge in [0.1, 0.15) is 0 Å². The number of sulfonamides is 1. The van der Waals surface area contributed by atoms with Crippen molar-refractivity contribution in [3.63, 3.8) is 0 Å². The first-order chi connectivity index (χ1) is 12.9. The number of rotatable bonds is 5. The lowest BCUT2D eigenvalue weighted by molar-refractivity contribution is -0.115. The van der Waals surface area contributed by atoms with Crippen molar-refractivity contribution in [2.24, 2.45) is 0 Å². The zero-order valence-electron chi connectivity index (χ0n) is 15.6. The fourth-order valence-corrected chi connectivity index (χ4v) is 4.64. The lowest BCUT2D eigenvalue weighted by Gasteiger charge is -2.26. The summed E-state index contributed by atoms with van der Waals surface area (Å²) in [5.41, 5.74) is 3.17. The number of anilines is 1. The Bertz CT molecular complexity index is 917. The van der Waals surface area contributed by atoms with E-state index in [1.807, 2.05) is 31.2 Å². The summed E-state index contributed by atoms with van der Waals surface area (Å²) in [6.07, 6.45) is 0.236. The van der Waals surface area contributed by atoms with Gasteiger partial charge < -0.3 is 10.1 Å². The van der Waals surface area contributed by atoms with Gasteiger partial charge in [0.15, 0.2) is 0 Å². The van der Waals surface area contributed by atoms with Crippen LogP contribution in [0, 0.1) is 13.8 Å². The maximum atomic E-state index is 12.9. The summed E-state index contributed by atoms with van der Waals surface area (Å²) in [6.45, 7) is 5.21. The van der Waals surface area contributed by atoms with Crippen LogP contribution in [0.25, 0.3) is 0 Å². The van der Waals surface area contributed by atoms with Gasteiger partial charge in [-0.25, -0.2) is 8.42 Å². The van der Waals surface area contributed by atoms with Crippen molar-refractivity contribution in [3.05, 3.63) is 59.2 Å². The van der Waals surface area contributed by atoms with Crippen LogP contribution in [0.5, 0.6) is 0 Å². The summed E-state index contributed by atoms with van der Waals surface area (Å²) in [5.74, 6) is -0.183. The molecule has 1 saturated heterocycles. The molecular weight excluding hydrogens is 364 g/mol. The standard InChI is InChI=1S/C20H24N2O4S/c1-15-3-6-17(7-4-15)13-20(23)21-18-8-5-16(2)19(14-18)27(24,25)22-9-11-26-12-10-22/h3-8,14H,9-13H2,1-2H3,(H,21,23). The van der Waals surface area contributed by atoms with E-state index in [0.29, 0.717) is 37.6 Å². The van der Waals surface area contributed by atoms with E-state index in [9.17, 15) is 13.2 Å². The van der Waals surface area contributed by atoms with Gasteiger partial charge in [-0.2, -0.15) is 4.31 Å². The van der Waals surface area contributed by atoms with Gasteiger partial charge in [0.05, 0.1) is 24.5 Å². The Morgan fingerprint density at radius 1 is 1.07 bits per heavy atom. The largest absolute Gasteiger partial charge is 0.379 e. The van der Waals surface area contributed by atoms with Gasteiger partial charge in [-0.05, 0) is 37.1 Å². The molecule has 0 unspecified atom stereocenters. The Kier molecular flexibility index (Phi) is 5.94. The summed E-state index contributed by atoms with van der Waals surface area (Å²) in [4.78, 5) is 12.5. The van der Waals surface area contributed by atoms with E-state index in [4.69, 9.17) is 4.74 Å². The smallest absolute Gasteiger partial charge is 0.243 e. The Morgan fingerprint density at radius 3 is 2.41 bits per heavy atom. The number of carbonyl (C=O) groups is 1. The fourth-order valence-electron chi connectivity index (χ4n) is 2.98. The summed E-state index contributed by atoms with van der Waals surface area (Å²) in [7, 11) is -3.61. The van der Waals surface area contributed by atoms with Crippen molar-refractivity contribution in [3.8, 4) is 0 Å². The predicted molar refractivity (Wildman–Crippen MR) is 104 cm³/mol. The van der Waals surface area contributed by atoms with Crippen LogP contribution in [0.1, 0.15) is 16.7 Å². The lowest BCUT2D eigenvalue weighted by atomic mass is 10.1. The van der Waals surface area contributed by atoms with Gasteiger partial charge in [0.2, 0.25) is 15.9 Å². The molecule has 1 heterocycles. The minimum atomic E-state index is -3.61. The van der Waals surface area contributed by atoms with Crippen LogP contribution >= 0.6 is 0 Å². The van der Waals surface area contributed by atoms with Gasteiger partial charge in [-0.1, -0.05) is 35.9 Å². The molecule has 1 aliphatic rings. The first kappa shape index (κ1) is 19.5. The van der Waals surface area contributed by atoms with Gasteiger partial charge in [0.25, 0.3) is 0 Å². The second kappa shape index (κ2) is 8.21. The van der Waals surface area contributed by atoms with Crippen molar-refractivity contribution in [2.45, 2.75) is 25.2 Å². The van der Waals surface area contributed by atoms with Crippen LogP contribution < -0.4 is 5.32 Å². The second-order valence-electron chi connectivity index (χ2n) is 6.71. The highest BCUT2D eigenvalue weighted by atomic mass is 32.2. The van der Waals surface area contributed by atoms with E-state index in [0.717, 1.165) is 11.1 Å². The third-order valence-electron chi connectivity index (χ3n) is 4.55. The van der Waals surface area contributed by atoms with Crippen LogP contribution in [-0.2, 0) is 26.0 Å². The third-order valence-corrected chi connectivity index (χ3v) is 6.59. The van der Waals surface area contributed by atoms with E-state index in [2.05, 4.69) is 5.32 Å². The van der Waals surface area contributed by atoms with Crippen molar-refractivity contribution < 1.29 is 17.9 Å². The number of morpholine rings is 1. The molecule has 144 valence electrons. The molecule has 1 amide bonds. The molecule has 1 N–H and O–H groups in total. The minimum Gasteiger partial charge on any atom is -0.379 e. The molecule has 27 heavy (non-hydrogen) atoms. The number of hydrogen-bond acceptors (Lipinski definition) is 4. The summed E-state index contributed by atoms with van der Waals surface area (Å²) >= 11 is 0. The van der Waals surface area contributed by atoms with Gasteiger partial charge in [-0.15, -0.1) is 0 Å². The fraction of sp³-hybridized carbons (Fsp3) is 0.350. The number of nitrogens with one attached hydrogen (secondary N) is 1. The van der Waals surface area contributed by atoms with Gasteiger partial charge in [0, 0.05) is 18.8 Å². The number of amides is 1. The first-order valence-electron chi connectivity index (χ1n) is 8.90. The average molecular weight is 388 g/mol. The highest BCUT2D eigenvalue weighted by Crippen LogP contribution is 2.24. The van der Waals surface area contributed by atoms with Gasteiger partial charge >= 0.3 is 0 Å². The number of nitrogens with zero attached hydrogens (tertiary/aromatic N) is 1. The quantitative estimate of drug-likeness (QED) is 0.854. The van der Waals surface area contributed by atoms with Gasteiger partial charge in [-0.3, -0.25) is 4.79 Å². The van der Waals surface area contributed by atoms with Crippen LogP contribution in [0.15, 0.2) is 47.4 Å². The Morgan fingerprint density at radius 2 is 1.74 bits per heavy atom. The molecule has 0 radical (unpaired) electrons. The Balaban J connectivity index is 1.76. The Labute approximate surface area is 160 Å². The summed E-state index contributed by atoms with van der Waals surface area (Å²) in [5, 5.41) is 2.80. The SMILES string of the molecule is Cc1ccc(CC(=O)Nc2ccc(C)c(S(=O)(=O)N3CCOCC3)c2)cc1. The van der Waals surface area contributed by atoms with E-state index < -0.39 is 10.0 Å².